The molecular formula is C7H11NOS. The molecule has 3 heteroatoms. The van der Waals surface area contributed by atoms with E-state index < -0.39 is 0 Å². The highest BCUT2D eigenvalue weighted by molar-refractivity contribution is 7.78. The third kappa shape index (κ3) is 5.60. The molecule has 56 valence electrons. The van der Waals surface area contributed by atoms with E-state index in [1.807, 2.05) is 5.16 Å². The van der Waals surface area contributed by atoms with Crippen LogP contribution in [0.2, 0.25) is 0 Å². The maximum Gasteiger partial charge on any atom is 0.254 e. The van der Waals surface area contributed by atoms with Gasteiger partial charge in [-0.1, -0.05) is 13.8 Å². The van der Waals surface area contributed by atoms with Gasteiger partial charge in [-0.05, 0) is 24.6 Å². The van der Waals surface area contributed by atoms with E-state index in [2.05, 4.69) is 31.1 Å². The highest BCUT2D eigenvalue weighted by Gasteiger charge is 1.99. The molecule has 0 aromatic rings. The van der Waals surface area contributed by atoms with Crippen LogP contribution in [0, 0.1) is 5.92 Å². The first-order valence-corrected chi connectivity index (χ1v) is 3.68. The van der Waals surface area contributed by atoms with Crippen molar-refractivity contribution >= 4 is 23.3 Å². The molecule has 0 bridgehead atoms. The van der Waals surface area contributed by atoms with Gasteiger partial charge in [0.2, 0.25) is 0 Å². The topological polar surface area (TPSA) is 29.4 Å². The summed E-state index contributed by atoms with van der Waals surface area (Å²) in [4.78, 5) is 14.0. The molecule has 2 nitrogen and oxygen atoms in total. The Bertz CT molecular complexity index is 159. The van der Waals surface area contributed by atoms with Crippen LogP contribution in [0.3, 0.4) is 0 Å². The number of thiocarbonyl (C=S) groups is 1. The standard InChI is InChI=1S/C7H11NOS/c1-6(2)3-4-7(9)8-5-10/h6H,3-4H2,1-2H3. The van der Waals surface area contributed by atoms with Crippen molar-refractivity contribution in [3.05, 3.63) is 0 Å². The van der Waals surface area contributed by atoms with Gasteiger partial charge in [0.05, 0.1) is 5.16 Å². The number of carbonyl (C=O) groups excluding carboxylic acids is 1. The van der Waals surface area contributed by atoms with Gasteiger partial charge in [0.25, 0.3) is 5.91 Å². The van der Waals surface area contributed by atoms with Crippen LogP contribution in [-0.4, -0.2) is 11.1 Å². The van der Waals surface area contributed by atoms with Crippen LogP contribution in [0.1, 0.15) is 26.7 Å². The van der Waals surface area contributed by atoms with Gasteiger partial charge in [0, 0.05) is 6.42 Å². The second kappa shape index (κ2) is 5.27. The van der Waals surface area contributed by atoms with Crippen LogP contribution >= 0.6 is 12.2 Å². The fourth-order valence-corrected chi connectivity index (χ4v) is 0.621. The Balaban J connectivity index is 3.50. The average molecular weight is 157 g/mol. The van der Waals surface area contributed by atoms with Crippen molar-refractivity contribution in [2.45, 2.75) is 26.7 Å². The summed E-state index contributed by atoms with van der Waals surface area (Å²) in [5, 5.41) is 2.05. The number of amides is 1. The van der Waals surface area contributed by atoms with E-state index in [0.29, 0.717) is 12.3 Å². The normalized spacial score (nSPS) is 9.10. The molecule has 1 amide bonds. The molecule has 0 fully saturated rings. The molecule has 0 rings (SSSR count). The molecule has 0 aliphatic carbocycles. The predicted octanol–water partition coefficient (Wildman–Crippen LogP) is 2.05. The zero-order valence-electron chi connectivity index (χ0n) is 6.26. The number of isothiocyanates is 1. The van der Waals surface area contributed by atoms with Crippen molar-refractivity contribution in [3.8, 4) is 0 Å². The van der Waals surface area contributed by atoms with Crippen LogP contribution in [0.5, 0.6) is 0 Å². The van der Waals surface area contributed by atoms with Crippen molar-refractivity contribution in [2.75, 3.05) is 0 Å². The molecule has 0 aliphatic heterocycles. The number of rotatable bonds is 3. The number of carbonyl (C=O) groups is 1. The number of aliphatic imine (C=N–C) groups is 1. The van der Waals surface area contributed by atoms with Gasteiger partial charge in [-0.2, -0.15) is 4.99 Å². The first-order chi connectivity index (χ1) is 4.66. The lowest BCUT2D eigenvalue weighted by Crippen LogP contribution is -1.95. The minimum absolute atomic E-state index is 0.163. The van der Waals surface area contributed by atoms with E-state index in [4.69, 9.17) is 0 Å². The zero-order chi connectivity index (χ0) is 7.98. The van der Waals surface area contributed by atoms with Gasteiger partial charge < -0.3 is 0 Å². The molecule has 0 aliphatic rings. The monoisotopic (exact) mass is 157 g/mol. The Morgan fingerprint density at radius 2 is 2.30 bits per heavy atom. The lowest BCUT2D eigenvalue weighted by atomic mass is 10.1. The van der Waals surface area contributed by atoms with E-state index in [1.165, 1.54) is 0 Å². The Labute approximate surface area is 66.3 Å². The van der Waals surface area contributed by atoms with Crippen molar-refractivity contribution in [3.63, 3.8) is 0 Å². The molecule has 0 aromatic carbocycles. The summed E-state index contributed by atoms with van der Waals surface area (Å²) in [7, 11) is 0. The van der Waals surface area contributed by atoms with Crippen LogP contribution in [0.4, 0.5) is 0 Å². The van der Waals surface area contributed by atoms with Gasteiger partial charge >= 0.3 is 0 Å². The summed E-state index contributed by atoms with van der Waals surface area (Å²) in [6.07, 6.45) is 1.36. The Kier molecular flexibility index (Phi) is 4.99. The van der Waals surface area contributed by atoms with Crippen molar-refractivity contribution in [1.82, 2.24) is 0 Å². The predicted molar refractivity (Wildman–Crippen MR) is 44.1 cm³/mol. The van der Waals surface area contributed by atoms with Crippen LogP contribution < -0.4 is 0 Å². The van der Waals surface area contributed by atoms with Gasteiger partial charge in [-0.3, -0.25) is 4.79 Å². The third-order valence-electron chi connectivity index (χ3n) is 1.11. The van der Waals surface area contributed by atoms with Crippen molar-refractivity contribution < 1.29 is 4.79 Å². The fraction of sp³-hybridized carbons (Fsp3) is 0.714. The van der Waals surface area contributed by atoms with Crippen LogP contribution in [0.15, 0.2) is 4.99 Å². The van der Waals surface area contributed by atoms with E-state index in [9.17, 15) is 4.79 Å². The summed E-state index contributed by atoms with van der Waals surface area (Å²) < 4.78 is 0. The van der Waals surface area contributed by atoms with Gasteiger partial charge in [-0.25, -0.2) is 0 Å². The Hall–Kier alpha value is -0.530. The average Bonchev–Trinajstić information content (AvgIpc) is 1.85. The first-order valence-electron chi connectivity index (χ1n) is 3.27. The fourth-order valence-electron chi connectivity index (χ4n) is 0.519. The van der Waals surface area contributed by atoms with E-state index >= 15 is 0 Å². The summed E-state index contributed by atoms with van der Waals surface area (Å²) >= 11 is 4.27. The molecule has 0 saturated carbocycles. The lowest BCUT2D eigenvalue weighted by Gasteiger charge is -1.98. The molecule has 0 radical (unpaired) electrons. The minimum atomic E-state index is -0.163. The van der Waals surface area contributed by atoms with Crippen molar-refractivity contribution in [2.24, 2.45) is 10.9 Å². The molecule has 0 aromatic heterocycles. The second-order valence-corrected chi connectivity index (χ2v) is 2.71. The molecule has 0 spiro atoms. The number of hydrogen-bond donors (Lipinski definition) is 0. The summed E-state index contributed by atoms with van der Waals surface area (Å²) in [5.74, 6) is 0.382. The van der Waals surface area contributed by atoms with E-state index in [-0.39, 0.29) is 5.91 Å². The van der Waals surface area contributed by atoms with Gasteiger partial charge in [-0.15, -0.1) is 0 Å². The van der Waals surface area contributed by atoms with E-state index in [0.717, 1.165) is 6.42 Å². The third-order valence-corrected chi connectivity index (χ3v) is 1.20. The quantitative estimate of drug-likeness (QED) is 0.463. The molecule has 10 heavy (non-hydrogen) atoms. The zero-order valence-corrected chi connectivity index (χ0v) is 7.07. The summed E-state index contributed by atoms with van der Waals surface area (Å²) in [6, 6.07) is 0. The number of hydrogen-bond acceptors (Lipinski definition) is 2. The van der Waals surface area contributed by atoms with Crippen molar-refractivity contribution in [1.29, 1.82) is 0 Å². The lowest BCUT2D eigenvalue weighted by molar-refractivity contribution is -0.117. The maximum absolute atomic E-state index is 10.7. The molecular weight excluding hydrogens is 146 g/mol. The van der Waals surface area contributed by atoms with Gasteiger partial charge in [0.1, 0.15) is 0 Å². The maximum atomic E-state index is 10.7. The molecule has 0 N–H and O–H groups in total. The Morgan fingerprint density at radius 1 is 1.70 bits per heavy atom. The molecule has 0 atom stereocenters. The minimum Gasteiger partial charge on any atom is -0.272 e. The highest BCUT2D eigenvalue weighted by Crippen LogP contribution is 2.03. The first kappa shape index (κ1) is 9.47. The molecule has 0 saturated heterocycles. The SMILES string of the molecule is CC(C)CCC(=O)N=C=S. The highest BCUT2D eigenvalue weighted by atomic mass is 32.1. The van der Waals surface area contributed by atoms with Gasteiger partial charge in [0.15, 0.2) is 0 Å². The van der Waals surface area contributed by atoms with Crippen LogP contribution in [0.25, 0.3) is 0 Å². The van der Waals surface area contributed by atoms with E-state index in [1.54, 1.807) is 0 Å². The largest absolute Gasteiger partial charge is 0.272 e. The molecule has 0 heterocycles. The smallest absolute Gasteiger partial charge is 0.254 e. The van der Waals surface area contributed by atoms with Crippen LogP contribution in [-0.2, 0) is 4.79 Å². The summed E-state index contributed by atoms with van der Waals surface area (Å²) in [6.45, 7) is 4.13. The molecule has 0 unspecified atom stereocenters. The number of nitrogens with zero attached hydrogens (tertiary/aromatic N) is 1. The second-order valence-electron chi connectivity index (χ2n) is 2.53. The summed E-state index contributed by atoms with van der Waals surface area (Å²) in [5.41, 5.74) is 0. The Morgan fingerprint density at radius 3 is 2.70 bits per heavy atom.